The fourth-order valence-corrected chi connectivity index (χ4v) is 2.65. The minimum absolute atomic E-state index is 0.289. The van der Waals surface area contributed by atoms with Gasteiger partial charge in [-0.3, -0.25) is 0 Å². The Balaban J connectivity index is 1.99. The van der Waals surface area contributed by atoms with Gasteiger partial charge >= 0.3 is 0 Å². The first-order valence-electron chi connectivity index (χ1n) is 6.99. The van der Waals surface area contributed by atoms with Crippen molar-refractivity contribution >= 4 is 0 Å². The molecule has 0 aliphatic carbocycles. The van der Waals surface area contributed by atoms with Crippen molar-refractivity contribution in [1.29, 1.82) is 0 Å². The van der Waals surface area contributed by atoms with E-state index in [0.29, 0.717) is 24.0 Å². The average molecular weight is 274 g/mol. The van der Waals surface area contributed by atoms with Crippen molar-refractivity contribution in [3.8, 4) is 11.4 Å². The Morgan fingerprint density at radius 2 is 1.95 bits per heavy atom. The Kier molecular flexibility index (Phi) is 3.30. The van der Waals surface area contributed by atoms with E-state index in [0.717, 1.165) is 5.56 Å². The number of fused-ring (bicyclic) bond motifs is 1. The van der Waals surface area contributed by atoms with Crippen molar-refractivity contribution in [2.75, 3.05) is 0 Å². The summed E-state index contributed by atoms with van der Waals surface area (Å²) in [6.07, 6.45) is -0.605. The monoisotopic (exact) mass is 274 g/mol. The highest BCUT2D eigenvalue weighted by Crippen LogP contribution is 2.29. The molecular formula is C15H19FN4. The molecule has 2 unspecified atom stereocenters. The van der Waals surface area contributed by atoms with E-state index in [2.05, 4.69) is 36.2 Å². The zero-order valence-corrected chi connectivity index (χ0v) is 11.8. The Morgan fingerprint density at radius 1 is 1.25 bits per heavy atom. The molecule has 106 valence electrons. The number of nitrogens with two attached hydrogens (primary N) is 1. The van der Waals surface area contributed by atoms with E-state index in [9.17, 15) is 4.39 Å². The van der Waals surface area contributed by atoms with E-state index in [1.54, 1.807) is 0 Å². The molecule has 3 rings (SSSR count). The molecule has 2 N–H and O–H groups in total. The van der Waals surface area contributed by atoms with Crippen molar-refractivity contribution in [1.82, 2.24) is 14.8 Å². The highest BCUT2D eigenvalue weighted by Gasteiger charge is 2.28. The predicted molar refractivity (Wildman–Crippen MR) is 76.0 cm³/mol. The summed E-state index contributed by atoms with van der Waals surface area (Å²) < 4.78 is 15.5. The van der Waals surface area contributed by atoms with E-state index >= 15 is 0 Å². The fourth-order valence-electron chi connectivity index (χ4n) is 2.65. The van der Waals surface area contributed by atoms with Gasteiger partial charge in [0.2, 0.25) is 0 Å². The minimum Gasteiger partial charge on any atom is -0.321 e. The van der Waals surface area contributed by atoms with Gasteiger partial charge in [-0.25, -0.2) is 4.39 Å². The zero-order valence-electron chi connectivity index (χ0n) is 11.8. The number of nitrogens with zero attached hydrogens (tertiary/aromatic N) is 3. The number of hydrogen-bond acceptors (Lipinski definition) is 3. The zero-order chi connectivity index (χ0) is 14.3. The number of alkyl halides is 1. The van der Waals surface area contributed by atoms with Crippen molar-refractivity contribution in [2.45, 2.75) is 44.9 Å². The normalized spacial score (nSPS) is 22.1. The predicted octanol–water partition coefficient (Wildman–Crippen LogP) is 2.81. The van der Waals surface area contributed by atoms with Crippen LogP contribution in [0.15, 0.2) is 24.3 Å². The van der Waals surface area contributed by atoms with Gasteiger partial charge < -0.3 is 10.3 Å². The van der Waals surface area contributed by atoms with Crippen LogP contribution in [0.4, 0.5) is 4.39 Å². The van der Waals surface area contributed by atoms with Crippen LogP contribution in [0.5, 0.6) is 0 Å². The molecule has 0 bridgehead atoms. The summed E-state index contributed by atoms with van der Waals surface area (Å²) in [5, 5.41) is 8.32. The quantitative estimate of drug-likeness (QED) is 0.916. The smallest absolute Gasteiger partial charge is 0.164 e. The average Bonchev–Trinajstić information content (AvgIpc) is 2.82. The third kappa shape index (κ3) is 2.22. The van der Waals surface area contributed by atoms with Gasteiger partial charge in [-0.15, -0.1) is 10.2 Å². The Labute approximate surface area is 117 Å². The van der Waals surface area contributed by atoms with E-state index in [1.165, 1.54) is 5.56 Å². The fraction of sp³-hybridized carbons (Fsp3) is 0.467. The topological polar surface area (TPSA) is 56.7 Å². The number of aromatic nitrogens is 3. The lowest BCUT2D eigenvalue weighted by Crippen LogP contribution is -2.29. The van der Waals surface area contributed by atoms with Gasteiger partial charge in [-0.05, 0) is 11.5 Å². The molecule has 1 aromatic heterocycles. The third-order valence-electron chi connectivity index (χ3n) is 3.84. The first-order chi connectivity index (χ1) is 9.56. The van der Waals surface area contributed by atoms with Crippen molar-refractivity contribution in [3.63, 3.8) is 0 Å². The maximum absolute atomic E-state index is 13.7. The first-order valence-corrected chi connectivity index (χ1v) is 6.99. The van der Waals surface area contributed by atoms with E-state index in [-0.39, 0.29) is 12.6 Å². The number of benzene rings is 1. The molecule has 2 heterocycles. The second kappa shape index (κ2) is 4.98. The number of rotatable bonds is 2. The molecule has 1 aliphatic rings. The summed E-state index contributed by atoms with van der Waals surface area (Å²) in [7, 11) is 0. The van der Waals surface area contributed by atoms with Crippen molar-refractivity contribution < 1.29 is 4.39 Å². The molecule has 0 fully saturated rings. The summed E-state index contributed by atoms with van der Waals surface area (Å²) in [6.45, 7) is 4.60. The molecule has 20 heavy (non-hydrogen) atoms. The largest absolute Gasteiger partial charge is 0.321 e. The van der Waals surface area contributed by atoms with Crippen molar-refractivity contribution in [2.24, 2.45) is 5.73 Å². The molecule has 2 atom stereocenters. The second-order valence-electron chi connectivity index (χ2n) is 5.71. The summed E-state index contributed by atoms with van der Waals surface area (Å²) in [4.78, 5) is 0. The molecular weight excluding hydrogens is 255 g/mol. The molecule has 2 aromatic rings. The Hall–Kier alpha value is -1.75. The molecule has 0 saturated heterocycles. The molecule has 0 radical (unpaired) electrons. The number of hydrogen-bond donors (Lipinski definition) is 1. The van der Waals surface area contributed by atoms with E-state index in [1.807, 2.05) is 16.7 Å². The van der Waals surface area contributed by atoms with Crippen LogP contribution in [0.2, 0.25) is 0 Å². The van der Waals surface area contributed by atoms with Gasteiger partial charge in [0.25, 0.3) is 0 Å². The summed E-state index contributed by atoms with van der Waals surface area (Å²) in [6, 6.07) is 7.82. The molecule has 0 amide bonds. The van der Waals surface area contributed by atoms with Crippen LogP contribution < -0.4 is 5.73 Å². The van der Waals surface area contributed by atoms with Gasteiger partial charge in [0.1, 0.15) is 12.0 Å². The lowest BCUT2D eigenvalue weighted by Gasteiger charge is -2.23. The molecule has 0 saturated carbocycles. The van der Waals surface area contributed by atoms with Gasteiger partial charge in [0, 0.05) is 12.0 Å². The lowest BCUT2D eigenvalue weighted by atomic mass is 10.0. The van der Waals surface area contributed by atoms with Crippen LogP contribution in [0.3, 0.4) is 0 Å². The summed E-state index contributed by atoms with van der Waals surface area (Å²) in [5.41, 5.74) is 8.15. The van der Waals surface area contributed by atoms with Crippen molar-refractivity contribution in [3.05, 3.63) is 35.7 Å². The first kappa shape index (κ1) is 13.2. The van der Waals surface area contributed by atoms with Crippen LogP contribution >= 0.6 is 0 Å². The van der Waals surface area contributed by atoms with Crippen LogP contribution in [0, 0.1) is 0 Å². The number of halogens is 1. The minimum atomic E-state index is -0.929. The summed E-state index contributed by atoms with van der Waals surface area (Å²) >= 11 is 0. The molecule has 1 aliphatic heterocycles. The van der Waals surface area contributed by atoms with Crippen LogP contribution in [-0.4, -0.2) is 20.9 Å². The van der Waals surface area contributed by atoms with Gasteiger partial charge in [-0.1, -0.05) is 38.1 Å². The Morgan fingerprint density at radius 3 is 2.60 bits per heavy atom. The van der Waals surface area contributed by atoms with E-state index < -0.39 is 6.17 Å². The molecule has 4 nitrogen and oxygen atoms in total. The van der Waals surface area contributed by atoms with Crippen LogP contribution in [0.1, 0.15) is 43.6 Å². The van der Waals surface area contributed by atoms with Crippen LogP contribution in [0.25, 0.3) is 11.4 Å². The second-order valence-corrected chi connectivity index (χ2v) is 5.71. The SMILES string of the molecule is CC(C)c1ccc(-c2nnc3n2CC(F)CC3N)cc1. The highest BCUT2D eigenvalue weighted by atomic mass is 19.1. The standard InChI is InChI=1S/C15H19FN4/c1-9(2)10-3-5-11(6-4-10)14-18-19-15-13(17)7-12(16)8-20(14)15/h3-6,9,12-13H,7-8,17H2,1-2H3. The third-order valence-corrected chi connectivity index (χ3v) is 3.84. The maximum Gasteiger partial charge on any atom is 0.164 e. The van der Waals surface area contributed by atoms with Gasteiger partial charge in [-0.2, -0.15) is 0 Å². The highest BCUT2D eigenvalue weighted by molar-refractivity contribution is 5.56. The van der Waals surface area contributed by atoms with E-state index in [4.69, 9.17) is 5.73 Å². The molecule has 1 aromatic carbocycles. The van der Waals surface area contributed by atoms with Gasteiger partial charge in [0.15, 0.2) is 5.82 Å². The lowest BCUT2D eigenvalue weighted by molar-refractivity contribution is 0.231. The van der Waals surface area contributed by atoms with Crippen LogP contribution in [-0.2, 0) is 6.54 Å². The Bertz CT molecular complexity index is 603. The molecule has 5 heteroatoms. The maximum atomic E-state index is 13.7. The van der Waals surface area contributed by atoms with Gasteiger partial charge in [0.05, 0.1) is 12.6 Å². The molecule has 0 spiro atoms. The summed E-state index contributed by atoms with van der Waals surface area (Å²) in [5.74, 6) is 1.87.